The Bertz CT molecular complexity index is 445. The molecular formula is C19H30O3Se. The standard InChI is InChI=1S/C19H30O3Se/c1-14(2)17(20)13-18(15(3)4)22-19(21)11-8-12-23-16-9-6-5-7-10-16/h5-7,9-10,14-15,17-18,20H,8,11-13H2,1-4H3/t17-,18-/m0/s1. The second-order valence-electron chi connectivity index (χ2n) is 6.58. The van der Waals surface area contributed by atoms with Gasteiger partial charge in [-0.05, 0) is 0 Å². The molecule has 4 heteroatoms. The maximum atomic E-state index is 12.0. The molecule has 0 aromatic heterocycles. The number of aliphatic hydroxyl groups excluding tert-OH is 1. The Kier molecular flexibility index (Phi) is 9.54. The fourth-order valence-corrected chi connectivity index (χ4v) is 3.95. The van der Waals surface area contributed by atoms with Crippen LogP contribution in [-0.2, 0) is 9.53 Å². The summed E-state index contributed by atoms with van der Waals surface area (Å²) < 4.78 is 6.96. The van der Waals surface area contributed by atoms with Crippen LogP contribution in [0.4, 0.5) is 0 Å². The Morgan fingerprint density at radius 1 is 1.13 bits per heavy atom. The second-order valence-corrected chi connectivity index (χ2v) is 9.04. The minimum atomic E-state index is -0.420. The summed E-state index contributed by atoms with van der Waals surface area (Å²) in [6, 6.07) is 10.4. The molecule has 130 valence electrons. The van der Waals surface area contributed by atoms with Gasteiger partial charge in [0.05, 0.1) is 0 Å². The van der Waals surface area contributed by atoms with E-state index in [0.29, 0.717) is 27.8 Å². The Morgan fingerprint density at radius 3 is 2.35 bits per heavy atom. The van der Waals surface area contributed by atoms with E-state index in [-0.39, 0.29) is 23.9 Å². The third kappa shape index (κ3) is 8.55. The number of esters is 1. The van der Waals surface area contributed by atoms with Gasteiger partial charge in [0, 0.05) is 0 Å². The predicted octanol–water partition coefficient (Wildman–Crippen LogP) is 3.19. The summed E-state index contributed by atoms with van der Waals surface area (Å²) in [5.41, 5.74) is 0. The Hall–Kier alpha value is -0.831. The molecule has 0 aliphatic rings. The van der Waals surface area contributed by atoms with Crippen molar-refractivity contribution in [3.63, 3.8) is 0 Å². The first-order valence-electron chi connectivity index (χ1n) is 8.45. The van der Waals surface area contributed by atoms with E-state index in [1.807, 2.05) is 33.8 Å². The van der Waals surface area contributed by atoms with Gasteiger partial charge in [0.25, 0.3) is 0 Å². The molecule has 3 nitrogen and oxygen atoms in total. The van der Waals surface area contributed by atoms with Crippen molar-refractivity contribution in [3.05, 3.63) is 30.3 Å². The number of aliphatic hydroxyl groups is 1. The Labute approximate surface area is 147 Å². The fraction of sp³-hybridized carbons (Fsp3) is 0.632. The van der Waals surface area contributed by atoms with Gasteiger partial charge in [0.2, 0.25) is 0 Å². The van der Waals surface area contributed by atoms with Crippen LogP contribution >= 0.6 is 0 Å². The zero-order chi connectivity index (χ0) is 17.2. The van der Waals surface area contributed by atoms with E-state index in [2.05, 4.69) is 24.3 Å². The number of ether oxygens (including phenoxy) is 1. The number of benzene rings is 1. The summed E-state index contributed by atoms with van der Waals surface area (Å²) in [6.45, 7) is 8.03. The predicted molar refractivity (Wildman–Crippen MR) is 96.1 cm³/mol. The van der Waals surface area contributed by atoms with E-state index in [1.165, 1.54) is 4.46 Å². The van der Waals surface area contributed by atoms with Gasteiger partial charge in [-0.1, -0.05) is 0 Å². The third-order valence-corrected chi connectivity index (χ3v) is 6.11. The van der Waals surface area contributed by atoms with Crippen LogP contribution in [0.25, 0.3) is 0 Å². The summed E-state index contributed by atoms with van der Waals surface area (Å²) >= 11 is 0.423. The molecule has 1 aromatic carbocycles. The number of hydrogen-bond donors (Lipinski definition) is 1. The summed E-state index contributed by atoms with van der Waals surface area (Å²) in [5.74, 6) is 0.271. The molecular weight excluding hydrogens is 355 g/mol. The van der Waals surface area contributed by atoms with E-state index < -0.39 is 6.10 Å². The third-order valence-electron chi connectivity index (χ3n) is 3.81. The van der Waals surface area contributed by atoms with E-state index >= 15 is 0 Å². The topological polar surface area (TPSA) is 46.5 Å². The van der Waals surface area contributed by atoms with Crippen LogP contribution in [0.15, 0.2) is 30.3 Å². The van der Waals surface area contributed by atoms with Crippen LogP contribution in [0.3, 0.4) is 0 Å². The number of carbonyl (C=O) groups excluding carboxylic acids is 1. The molecule has 0 fully saturated rings. The second kappa shape index (κ2) is 10.9. The van der Waals surface area contributed by atoms with Crippen molar-refractivity contribution in [3.8, 4) is 0 Å². The number of carbonyl (C=O) groups is 1. The first-order chi connectivity index (χ1) is 10.9. The van der Waals surface area contributed by atoms with Gasteiger partial charge in [-0.25, -0.2) is 0 Å². The van der Waals surface area contributed by atoms with Crippen LogP contribution in [0.1, 0.15) is 47.0 Å². The van der Waals surface area contributed by atoms with Gasteiger partial charge in [0.1, 0.15) is 0 Å². The molecule has 0 bridgehead atoms. The Balaban J connectivity index is 2.29. The molecule has 0 saturated heterocycles. The SMILES string of the molecule is CC(C)[C@H](C[C@H](O)C(C)C)OC(=O)CCC[Se]c1ccccc1. The van der Waals surface area contributed by atoms with E-state index in [0.717, 1.165) is 11.7 Å². The molecule has 0 aliphatic heterocycles. The van der Waals surface area contributed by atoms with Crippen molar-refractivity contribution < 1.29 is 14.6 Å². The molecule has 2 atom stereocenters. The normalized spacial score (nSPS) is 14.0. The molecule has 0 spiro atoms. The summed E-state index contributed by atoms with van der Waals surface area (Å²) in [5, 5.41) is 11.1. The average Bonchev–Trinajstić information content (AvgIpc) is 2.51. The molecule has 1 N–H and O–H groups in total. The van der Waals surface area contributed by atoms with Crippen LogP contribution < -0.4 is 4.46 Å². The molecule has 0 amide bonds. The monoisotopic (exact) mass is 386 g/mol. The van der Waals surface area contributed by atoms with Crippen molar-refractivity contribution in [1.82, 2.24) is 0 Å². The molecule has 1 aromatic rings. The fourth-order valence-electron chi connectivity index (χ4n) is 2.12. The van der Waals surface area contributed by atoms with Crippen molar-refractivity contribution in [2.75, 3.05) is 0 Å². The number of hydrogen-bond acceptors (Lipinski definition) is 3. The molecule has 23 heavy (non-hydrogen) atoms. The summed E-state index contributed by atoms with van der Waals surface area (Å²) in [7, 11) is 0. The van der Waals surface area contributed by atoms with Crippen molar-refractivity contribution in [2.24, 2.45) is 11.8 Å². The average molecular weight is 385 g/mol. The molecule has 0 radical (unpaired) electrons. The molecule has 0 unspecified atom stereocenters. The molecule has 1 rings (SSSR count). The van der Waals surface area contributed by atoms with Gasteiger partial charge < -0.3 is 0 Å². The van der Waals surface area contributed by atoms with E-state index in [1.54, 1.807) is 0 Å². The quantitative estimate of drug-likeness (QED) is 0.382. The number of rotatable bonds is 10. The van der Waals surface area contributed by atoms with Gasteiger partial charge in [0.15, 0.2) is 0 Å². The zero-order valence-corrected chi connectivity index (χ0v) is 16.4. The molecule has 0 heterocycles. The van der Waals surface area contributed by atoms with Crippen molar-refractivity contribution in [2.45, 2.75) is 64.5 Å². The van der Waals surface area contributed by atoms with Crippen LogP contribution in [-0.4, -0.2) is 38.2 Å². The summed E-state index contributed by atoms with van der Waals surface area (Å²) in [6.07, 6.45) is 1.24. The van der Waals surface area contributed by atoms with Gasteiger partial charge in [-0.2, -0.15) is 0 Å². The van der Waals surface area contributed by atoms with Crippen molar-refractivity contribution in [1.29, 1.82) is 0 Å². The maximum absolute atomic E-state index is 12.0. The van der Waals surface area contributed by atoms with Gasteiger partial charge >= 0.3 is 147 Å². The van der Waals surface area contributed by atoms with E-state index in [4.69, 9.17) is 4.74 Å². The van der Waals surface area contributed by atoms with Gasteiger partial charge in [-0.3, -0.25) is 0 Å². The first kappa shape index (κ1) is 20.2. The molecule has 0 aliphatic carbocycles. The minimum absolute atomic E-state index is 0.136. The van der Waals surface area contributed by atoms with Crippen LogP contribution in [0.5, 0.6) is 0 Å². The first-order valence-corrected chi connectivity index (χ1v) is 10.5. The summed E-state index contributed by atoms with van der Waals surface area (Å²) in [4.78, 5) is 12.0. The van der Waals surface area contributed by atoms with Crippen LogP contribution in [0, 0.1) is 11.8 Å². The Morgan fingerprint density at radius 2 is 1.78 bits per heavy atom. The molecule has 0 saturated carbocycles. The van der Waals surface area contributed by atoms with Gasteiger partial charge in [-0.15, -0.1) is 0 Å². The zero-order valence-electron chi connectivity index (χ0n) is 14.7. The van der Waals surface area contributed by atoms with Crippen molar-refractivity contribution >= 4 is 25.4 Å². The van der Waals surface area contributed by atoms with E-state index in [9.17, 15) is 9.90 Å². The van der Waals surface area contributed by atoms with Crippen LogP contribution in [0.2, 0.25) is 5.32 Å².